The molecule has 0 atom stereocenters. The molecule has 0 spiro atoms. The van der Waals surface area contributed by atoms with E-state index in [2.05, 4.69) is 27.8 Å². The van der Waals surface area contributed by atoms with Crippen molar-refractivity contribution in [1.82, 2.24) is 0 Å². The highest BCUT2D eigenvalue weighted by molar-refractivity contribution is 9.10. The summed E-state index contributed by atoms with van der Waals surface area (Å²) < 4.78 is 0.895. The first kappa shape index (κ1) is 10.5. The molecular formula is C10H9BrOS. The largest absolute Gasteiger partial charge is 0.293 e. The van der Waals surface area contributed by atoms with E-state index in [9.17, 15) is 4.79 Å². The molecule has 0 unspecified atom stereocenters. The lowest BCUT2D eigenvalue weighted by molar-refractivity contribution is 0.0987. The van der Waals surface area contributed by atoms with Gasteiger partial charge >= 0.3 is 0 Å². The van der Waals surface area contributed by atoms with Crippen molar-refractivity contribution in [1.29, 1.82) is 0 Å². The Balaban J connectivity index is 2.57. The molecule has 13 heavy (non-hydrogen) atoms. The van der Waals surface area contributed by atoms with Gasteiger partial charge in [-0.15, -0.1) is 23.2 Å². The number of ketones is 1. The molecule has 0 bridgehead atoms. The van der Waals surface area contributed by atoms with Gasteiger partial charge < -0.3 is 0 Å². The van der Waals surface area contributed by atoms with E-state index in [0.717, 1.165) is 9.35 Å². The molecule has 0 aliphatic rings. The molecule has 0 aliphatic heterocycles. The third kappa shape index (κ3) is 2.98. The molecule has 0 radical (unpaired) electrons. The Labute approximate surface area is 90.3 Å². The quantitative estimate of drug-likeness (QED) is 0.598. The van der Waals surface area contributed by atoms with Crippen LogP contribution in [-0.2, 0) is 0 Å². The number of thiophene rings is 1. The summed E-state index contributed by atoms with van der Waals surface area (Å²) in [6.07, 6.45) is 1.17. The molecule has 3 heteroatoms. The second-order valence-corrected chi connectivity index (χ2v) is 4.22. The van der Waals surface area contributed by atoms with Crippen molar-refractivity contribution >= 4 is 33.0 Å². The Hall–Kier alpha value is -0.590. The number of halogens is 1. The predicted octanol–water partition coefficient (Wildman–Crippen LogP) is 3.50. The summed E-state index contributed by atoms with van der Waals surface area (Å²) in [6.45, 7) is 1.78. The van der Waals surface area contributed by atoms with Crippen molar-refractivity contribution in [3.8, 4) is 11.8 Å². The monoisotopic (exact) mass is 256 g/mol. The van der Waals surface area contributed by atoms with E-state index in [1.807, 2.05) is 11.4 Å². The van der Waals surface area contributed by atoms with E-state index < -0.39 is 0 Å². The summed E-state index contributed by atoms with van der Waals surface area (Å²) in [5.74, 6) is 5.82. The molecule has 1 aromatic rings. The average Bonchev–Trinajstić information content (AvgIpc) is 2.52. The zero-order chi connectivity index (χ0) is 9.68. The van der Waals surface area contributed by atoms with Crippen molar-refractivity contribution < 1.29 is 4.79 Å². The minimum atomic E-state index is 0.171. The van der Waals surface area contributed by atoms with Gasteiger partial charge in [0.25, 0.3) is 0 Å². The fraction of sp³-hybridized carbons (Fsp3) is 0.300. The van der Waals surface area contributed by atoms with Crippen LogP contribution in [0.1, 0.15) is 29.4 Å². The predicted molar refractivity (Wildman–Crippen MR) is 59.0 cm³/mol. The molecule has 0 N–H and O–H groups in total. The highest BCUT2D eigenvalue weighted by Gasteiger charge is 2.09. The third-order valence-electron chi connectivity index (χ3n) is 1.52. The van der Waals surface area contributed by atoms with Crippen molar-refractivity contribution in [3.05, 3.63) is 20.8 Å². The summed E-state index contributed by atoms with van der Waals surface area (Å²) in [5, 5.41) is 1.91. The molecule has 0 aliphatic carbocycles. The number of hydrogen-bond acceptors (Lipinski definition) is 2. The van der Waals surface area contributed by atoms with Crippen molar-refractivity contribution in [2.75, 3.05) is 0 Å². The molecule has 0 saturated carbocycles. The van der Waals surface area contributed by atoms with E-state index in [0.29, 0.717) is 12.8 Å². The summed E-state index contributed by atoms with van der Waals surface area (Å²) in [6, 6.07) is 1.89. The van der Waals surface area contributed by atoms with Gasteiger partial charge in [0.15, 0.2) is 5.78 Å². The average molecular weight is 257 g/mol. The van der Waals surface area contributed by atoms with E-state index in [-0.39, 0.29) is 5.78 Å². The van der Waals surface area contributed by atoms with Gasteiger partial charge in [-0.3, -0.25) is 4.79 Å². The molecular weight excluding hydrogens is 248 g/mol. The summed E-state index contributed by atoms with van der Waals surface area (Å²) >= 11 is 4.80. The summed E-state index contributed by atoms with van der Waals surface area (Å²) in [5.41, 5.74) is 0. The summed E-state index contributed by atoms with van der Waals surface area (Å²) in [7, 11) is 0. The molecule has 1 aromatic heterocycles. The van der Waals surface area contributed by atoms with Gasteiger partial charge in [-0.25, -0.2) is 0 Å². The first-order valence-corrected chi connectivity index (χ1v) is 5.58. The van der Waals surface area contributed by atoms with Gasteiger partial charge in [0.1, 0.15) is 0 Å². The molecule has 68 valence electrons. The van der Waals surface area contributed by atoms with Crippen LogP contribution in [0.15, 0.2) is 15.9 Å². The lowest BCUT2D eigenvalue weighted by Crippen LogP contribution is -1.95. The van der Waals surface area contributed by atoms with E-state index >= 15 is 0 Å². The van der Waals surface area contributed by atoms with E-state index in [1.165, 1.54) is 11.3 Å². The van der Waals surface area contributed by atoms with Crippen LogP contribution in [0.2, 0.25) is 0 Å². The maximum Gasteiger partial charge on any atom is 0.174 e. The van der Waals surface area contributed by atoms with Crippen LogP contribution < -0.4 is 0 Å². The number of carbonyl (C=O) groups excluding carboxylic acids is 1. The van der Waals surface area contributed by atoms with E-state index in [1.54, 1.807) is 6.92 Å². The van der Waals surface area contributed by atoms with Gasteiger partial charge in [0.05, 0.1) is 4.88 Å². The first-order chi connectivity index (χ1) is 6.25. The normalized spacial score (nSPS) is 9.08. The summed E-state index contributed by atoms with van der Waals surface area (Å²) in [4.78, 5) is 12.3. The van der Waals surface area contributed by atoms with Gasteiger partial charge in [0.2, 0.25) is 0 Å². The van der Waals surface area contributed by atoms with Crippen LogP contribution in [0, 0.1) is 11.8 Å². The molecule has 0 aromatic carbocycles. The zero-order valence-electron chi connectivity index (χ0n) is 7.26. The van der Waals surface area contributed by atoms with Gasteiger partial charge in [0, 0.05) is 17.3 Å². The first-order valence-electron chi connectivity index (χ1n) is 3.91. The molecule has 0 amide bonds. The second kappa shape index (κ2) is 5.21. The molecule has 0 saturated heterocycles. The number of carbonyl (C=O) groups is 1. The second-order valence-electron chi connectivity index (χ2n) is 2.45. The topological polar surface area (TPSA) is 17.1 Å². The Kier molecular flexibility index (Phi) is 4.20. The van der Waals surface area contributed by atoms with Crippen LogP contribution in [0.5, 0.6) is 0 Å². The van der Waals surface area contributed by atoms with E-state index in [4.69, 9.17) is 0 Å². The Bertz CT molecular complexity index is 356. The minimum absolute atomic E-state index is 0.171. The van der Waals surface area contributed by atoms with Crippen LogP contribution >= 0.6 is 27.3 Å². The minimum Gasteiger partial charge on any atom is -0.293 e. The number of rotatable bonds is 3. The SMILES string of the molecule is CC#CCCC(=O)c1sccc1Br. The standard InChI is InChI=1S/C10H9BrOS/c1-2-3-4-5-9(12)10-8(11)6-7-13-10/h6-7H,4-5H2,1H3. The van der Waals surface area contributed by atoms with Crippen LogP contribution in [-0.4, -0.2) is 5.78 Å². The molecule has 1 heterocycles. The molecule has 1 rings (SSSR count). The van der Waals surface area contributed by atoms with Crippen molar-refractivity contribution in [3.63, 3.8) is 0 Å². The highest BCUT2D eigenvalue weighted by atomic mass is 79.9. The Morgan fingerprint density at radius 2 is 2.46 bits per heavy atom. The van der Waals surface area contributed by atoms with Crippen molar-refractivity contribution in [2.24, 2.45) is 0 Å². The molecule has 0 fully saturated rings. The van der Waals surface area contributed by atoms with Crippen LogP contribution in [0.4, 0.5) is 0 Å². The van der Waals surface area contributed by atoms with Gasteiger partial charge in [-0.05, 0) is 34.3 Å². The number of hydrogen-bond donors (Lipinski definition) is 0. The smallest absolute Gasteiger partial charge is 0.174 e. The lowest BCUT2D eigenvalue weighted by atomic mass is 10.2. The van der Waals surface area contributed by atoms with Gasteiger partial charge in [-0.2, -0.15) is 0 Å². The lowest BCUT2D eigenvalue weighted by Gasteiger charge is -1.93. The Morgan fingerprint density at radius 1 is 1.69 bits per heavy atom. The zero-order valence-corrected chi connectivity index (χ0v) is 9.67. The maximum absolute atomic E-state index is 11.5. The Morgan fingerprint density at radius 3 is 3.00 bits per heavy atom. The third-order valence-corrected chi connectivity index (χ3v) is 3.40. The fourth-order valence-corrected chi connectivity index (χ4v) is 2.47. The van der Waals surface area contributed by atoms with Crippen LogP contribution in [0.3, 0.4) is 0 Å². The van der Waals surface area contributed by atoms with Gasteiger partial charge in [-0.1, -0.05) is 0 Å². The molecule has 1 nitrogen and oxygen atoms in total. The fourth-order valence-electron chi connectivity index (χ4n) is 0.907. The maximum atomic E-state index is 11.5. The number of Topliss-reactive ketones (excluding diaryl/α,β-unsaturated/α-hetero) is 1. The highest BCUT2D eigenvalue weighted by Crippen LogP contribution is 2.24. The van der Waals surface area contributed by atoms with Crippen LogP contribution in [0.25, 0.3) is 0 Å². The van der Waals surface area contributed by atoms with Crippen molar-refractivity contribution in [2.45, 2.75) is 19.8 Å².